The number of nitrogens with zero attached hydrogens (tertiary/aromatic N) is 4. The zero-order valence-electron chi connectivity index (χ0n) is 12.7. The number of fused-ring (bicyclic) bond motifs is 2. The van der Waals surface area contributed by atoms with Crippen molar-refractivity contribution in [2.45, 2.75) is 0 Å². The molecule has 3 heterocycles. The van der Waals surface area contributed by atoms with Gasteiger partial charge in [-0.1, -0.05) is 41.9 Å². The highest BCUT2D eigenvalue weighted by atomic mass is 35.5. The Morgan fingerprint density at radius 2 is 1.96 bits per heavy atom. The van der Waals surface area contributed by atoms with Crippen LogP contribution in [0.15, 0.2) is 58.3 Å². The van der Waals surface area contributed by atoms with E-state index in [0.29, 0.717) is 28.1 Å². The summed E-state index contributed by atoms with van der Waals surface area (Å²) < 4.78 is 7.46. The number of nitrogens with one attached hydrogen (secondary N) is 1. The third-order valence-electron chi connectivity index (χ3n) is 3.72. The van der Waals surface area contributed by atoms with Gasteiger partial charge in [0.25, 0.3) is 5.95 Å². The number of halogens is 1. The molecule has 122 valence electrons. The molecule has 0 radical (unpaired) electrons. The number of benzene rings is 2. The number of oxazole rings is 1. The number of aromatic nitrogens is 4. The van der Waals surface area contributed by atoms with E-state index in [9.17, 15) is 0 Å². The molecule has 0 spiro atoms. The van der Waals surface area contributed by atoms with Gasteiger partial charge in [0.05, 0.1) is 5.69 Å². The van der Waals surface area contributed by atoms with E-state index < -0.39 is 0 Å². The fraction of sp³-hybridized carbons (Fsp3) is 0. The molecule has 3 aromatic heterocycles. The van der Waals surface area contributed by atoms with Crippen molar-refractivity contribution in [1.82, 2.24) is 19.6 Å². The summed E-state index contributed by atoms with van der Waals surface area (Å²) in [6.07, 6.45) is 0. The Bertz CT molecular complexity index is 1190. The topological polar surface area (TPSA) is 68.2 Å². The minimum Gasteiger partial charge on any atom is -0.423 e. The largest absolute Gasteiger partial charge is 0.423 e. The predicted octanol–water partition coefficient (Wildman–Crippen LogP) is 5.00. The summed E-state index contributed by atoms with van der Waals surface area (Å²) in [5.41, 5.74) is 3.41. The fourth-order valence-corrected chi connectivity index (χ4v) is 3.59. The summed E-state index contributed by atoms with van der Waals surface area (Å²) in [5, 5.41) is 10.2. The summed E-state index contributed by atoms with van der Waals surface area (Å²) >= 11 is 7.50. The third-order valence-corrected chi connectivity index (χ3v) is 4.77. The summed E-state index contributed by atoms with van der Waals surface area (Å²) in [6.45, 7) is 0. The molecule has 0 bridgehead atoms. The van der Waals surface area contributed by atoms with Gasteiger partial charge in [0.15, 0.2) is 5.58 Å². The molecule has 0 atom stereocenters. The van der Waals surface area contributed by atoms with E-state index in [2.05, 4.69) is 20.4 Å². The maximum absolute atomic E-state index is 5.97. The number of rotatable bonds is 3. The molecule has 0 amide bonds. The molecular formula is C17H10ClN5OS. The van der Waals surface area contributed by atoms with Crippen molar-refractivity contribution in [2.24, 2.45) is 0 Å². The lowest BCUT2D eigenvalue weighted by Gasteiger charge is -1.97. The zero-order chi connectivity index (χ0) is 16.8. The quantitative estimate of drug-likeness (QED) is 0.486. The summed E-state index contributed by atoms with van der Waals surface area (Å²) in [5.74, 6) is 0.432. The Morgan fingerprint density at radius 3 is 2.84 bits per heavy atom. The van der Waals surface area contributed by atoms with Gasteiger partial charge in [-0.2, -0.15) is 9.97 Å². The van der Waals surface area contributed by atoms with Gasteiger partial charge < -0.3 is 4.42 Å². The normalized spacial score (nSPS) is 11.4. The molecule has 0 aliphatic heterocycles. The Hall–Kier alpha value is -2.90. The van der Waals surface area contributed by atoms with Crippen molar-refractivity contribution in [1.29, 1.82) is 0 Å². The zero-order valence-corrected chi connectivity index (χ0v) is 14.3. The van der Waals surface area contributed by atoms with Gasteiger partial charge in [-0.15, -0.1) is 16.4 Å². The molecule has 8 heteroatoms. The number of anilines is 2. The average molecular weight is 368 g/mol. The van der Waals surface area contributed by atoms with Crippen LogP contribution in [0.25, 0.3) is 27.3 Å². The van der Waals surface area contributed by atoms with E-state index in [4.69, 9.17) is 16.0 Å². The first-order chi connectivity index (χ1) is 12.3. The number of hydrogen-bond acceptors (Lipinski definition) is 6. The Kier molecular flexibility index (Phi) is 3.22. The number of thiazole rings is 1. The summed E-state index contributed by atoms with van der Waals surface area (Å²) in [7, 11) is 0. The maximum atomic E-state index is 5.97. The van der Waals surface area contributed by atoms with Crippen LogP contribution >= 0.6 is 22.9 Å². The van der Waals surface area contributed by atoms with Crippen molar-refractivity contribution < 1.29 is 4.42 Å². The van der Waals surface area contributed by atoms with Crippen LogP contribution in [-0.2, 0) is 0 Å². The molecule has 1 N–H and O–H groups in total. The second-order valence-corrected chi connectivity index (χ2v) is 6.65. The maximum Gasteiger partial charge on any atom is 0.302 e. The first kappa shape index (κ1) is 14.4. The van der Waals surface area contributed by atoms with E-state index in [1.807, 2.05) is 40.2 Å². The van der Waals surface area contributed by atoms with Crippen LogP contribution in [0.2, 0.25) is 5.02 Å². The molecule has 0 aliphatic carbocycles. The van der Waals surface area contributed by atoms with Gasteiger partial charge >= 0.3 is 6.01 Å². The third kappa shape index (κ3) is 2.54. The van der Waals surface area contributed by atoms with Crippen molar-refractivity contribution in [3.63, 3.8) is 0 Å². The predicted molar refractivity (Wildman–Crippen MR) is 98.6 cm³/mol. The molecule has 6 nitrogen and oxygen atoms in total. The van der Waals surface area contributed by atoms with Crippen LogP contribution in [0.4, 0.5) is 12.0 Å². The van der Waals surface area contributed by atoms with Crippen LogP contribution < -0.4 is 5.32 Å². The van der Waals surface area contributed by atoms with Crippen molar-refractivity contribution in [3.8, 4) is 11.3 Å². The lowest BCUT2D eigenvalue weighted by molar-refractivity contribution is 0.621. The molecule has 2 aromatic carbocycles. The Morgan fingerprint density at radius 1 is 1.08 bits per heavy atom. The SMILES string of the molecule is Clc1ccc2oc(Nc3nc4scc(-c5ccccc5)n4n3)nc2c1. The summed E-state index contributed by atoms with van der Waals surface area (Å²) in [4.78, 5) is 9.62. The van der Waals surface area contributed by atoms with Gasteiger partial charge in [-0.3, -0.25) is 5.32 Å². The van der Waals surface area contributed by atoms with Gasteiger partial charge in [-0.05, 0) is 18.2 Å². The molecule has 0 saturated carbocycles. The van der Waals surface area contributed by atoms with Crippen molar-refractivity contribution >= 4 is 51.0 Å². The highest BCUT2D eigenvalue weighted by Crippen LogP contribution is 2.27. The van der Waals surface area contributed by atoms with Crippen molar-refractivity contribution in [2.75, 3.05) is 5.32 Å². The van der Waals surface area contributed by atoms with E-state index in [-0.39, 0.29) is 0 Å². The van der Waals surface area contributed by atoms with Gasteiger partial charge in [0, 0.05) is 16.0 Å². The first-order valence-electron chi connectivity index (χ1n) is 7.49. The second kappa shape index (κ2) is 5.58. The molecular weight excluding hydrogens is 358 g/mol. The molecule has 0 unspecified atom stereocenters. The summed E-state index contributed by atoms with van der Waals surface area (Å²) in [6, 6.07) is 15.7. The van der Waals surface area contributed by atoms with Crippen LogP contribution in [0.5, 0.6) is 0 Å². The molecule has 25 heavy (non-hydrogen) atoms. The van der Waals surface area contributed by atoms with Gasteiger partial charge in [-0.25, -0.2) is 4.52 Å². The van der Waals surface area contributed by atoms with E-state index in [0.717, 1.165) is 16.2 Å². The van der Waals surface area contributed by atoms with E-state index in [1.54, 1.807) is 18.2 Å². The fourth-order valence-electron chi connectivity index (χ4n) is 2.59. The lowest BCUT2D eigenvalue weighted by Crippen LogP contribution is -1.94. The molecule has 0 fully saturated rings. The van der Waals surface area contributed by atoms with Crippen LogP contribution in [0, 0.1) is 0 Å². The molecule has 0 aliphatic rings. The van der Waals surface area contributed by atoms with Crippen LogP contribution in [0.3, 0.4) is 0 Å². The van der Waals surface area contributed by atoms with Crippen molar-refractivity contribution in [3.05, 3.63) is 58.9 Å². The van der Waals surface area contributed by atoms with Gasteiger partial charge in [0.1, 0.15) is 5.52 Å². The highest BCUT2D eigenvalue weighted by Gasteiger charge is 2.13. The first-order valence-corrected chi connectivity index (χ1v) is 8.75. The van der Waals surface area contributed by atoms with Crippen LogP contribution in [-0.4, -0.2) is 19.6 Å². The molecule has 5 rings (SSSR count). The Labute approximate surface area is 150 Å². The van der Waals surface area contributed by atoms with E-state index in [1.165, 1.54) is 11.3 Å². The van der Waals surface area contributed by atoms with Gasteiger partial charge in [0.2, 0.25) is 4.96 Å². The average Bonchev–Trinajstić information content (AvgIpc) is 3.29. The standard InChI is InChI=1S/C17H10ClN5OS/c18-11-6-7-14-12(8-11)19-16(24-14)20-15-21-17-23(22-15)13(9-25-17)10-4-2-1-3-5-10/h1-9H,(H,19,20,22). The van der Waals surface area contributed by atoms with E-state index >= 15 is 0 Å². The Balaban J connectivity index is 1.51. The smallest absolute Gasteiger partial charge is 0.302 e. The monoisotopic (exact) mass is 367 g/mol. The van der Waals surface area contributed by atoms with Crippen LogP contribution in [0.1, 0.15) is 0 Å². The number of hydrogen-bond donors (Lipinski definition) is 1. The lowest BCUT2D eigenvalue weighted by atomic mass is 10.2. The minimum atomic E-state index is 0.330. The highest BCUT2D eigenvalue weighted by molar-refractivity contribution is 7.15. The molecule has 5 aromatic rings. The second-order valence-electron chi connectivity index (χ2n) is 5.37. The molecule has 0 saturated heterocycles. The minimum absolute atomic E-state index is 0.330.